The summed E-state index contributed by atoms with van der Waals surface area (Å²) in [4.78, 5) is 34.8. The van der Waals surface area contributed by atoms with Gasteiger partial charge in [0.1, 0.15) is 46.2 Å². The van der Waals surface area contributed by atoms with Gasteiger partial charge in [-0.3, -0.25) is 9.59 Å². The number of nitrogens with zero attached hydrogens (tertiary/aromatic N) is 1. The number of aromatic nitrogens is 1. The molecule has 7 N–H and O–H groups in total. The smallest absolute Gasteiger partial charge is 0.229 e. The maximum Gasteiger partial charge on any atom is 0.229 e. The molecule has 0 radical (unpaired) electrons. The van der Waals surface area contributed by atoms with E-state index in [1.54, 1.807) is 30.5 Å². The van der Waals surface area contributed by atoms with Crippen LogP contribution < -0.4 is 10.1 Å². The van der Waals surface area contributed by atoms with E-state index in [0.717, 1.165) is 61.6 Å². The van der Waals surface area contributed by atoms with Crippen LogP contribution in [0, 0.1) is 22.7 Å². The van der Waals surface area contributed by atoms with Crippen molar-refractivity contribution in [2.24, 2.45) is 22.7 Å². The van der Waals surface area contributed by atoms with Gasteiger partial charge in [0.25, 0.3) is 0 Å². The molecule has 5 aliphatic carbocycles. The summed E-state index contributed by atoms with van der Waals surface area (Å²) in [6.45, 7) is -0.803. The number of ketones is 2. The molecule has 61 heavy (non-hydrogen) atoms. The average Bonchev–Trinajstić information content (AvgIpc) is 3.90. The molecule has 322 valence electrons. The minimum atomic E-state index is -2.23. The molecule has 4 fully saturated rings. The summed E-state index contributed by atoms with van der Waals surface area (Å²) in [7, 11) is 2.79. The van der Waals surface area contributed by atoms with Gasteiger partial charge in [0, 0.05) is 28.8 Å². The molecule has 7 bridgehead atoms. The molecule has 0 amide bonds. The van der Waals surface area contributed by atoms with Gasteiger partial charge < -0.3 is 45.4 Å². The molecular weight excluding hydrogens is 817 g/mol. The number of hydrogen-bond donors (Lipinski definition) is 7. The third kappa shape index (κ3) is 6.22. The molecule has 9 atom stereocenters. The summed E-state index contributed by atoms with van der Waals surface area (Å²) < 4.78 is 12.9. The van der Waals surface area contributed by atoms with Gasteiger partial charge in [-0.1, -0.05) is 76.9 Å². The number of rotatable bonds is 4. The van der Waals surface area contributed by atoms with Crippen LogP contribution >= 0.6 is 21.6 Å². The van der Waals surface area contributed by atoms with Crippen LogP contribution in [-0.4, -0.2) is 95.1 Å². The van der Waals surface area contributed by atoms with Gasteiger partial charge in [0.05, 0.1) is 30.6 Å². The van der Waals surface area contributed by atoms with Crippen LogP contribution in [0.15, 0.2) is 84.3 Å². The van der Waals surface area contributed by atoms with Gasteiger partial charge >= 0.3 is 0 Å². The van der Waals surface area contributed by atoms with E-state index >= 15 is 4.79 Å². The highest BCUT2D eigenvalue weighted by Gasteiger charge is 2.72. The maximum atomic E-state index is 15.3. The number of carbonyl (C=O) groups is 2. The van der Waals surface area contributed by atoms with Crippen molar-refractivity contribution in [3.8, 4) is 5.75 Å². The molecule has 3 aromatic rings. The van der Waals surface area contributed by atoms with Gasteiger partial charge in [-0.2, -0.15) is 0 Å². The molecule has 2 aromatic carbocycles. The second kappa shape index (κ2) is 15.2. The molecule has 7 aliphatic rings. The van der Waals surface area contributed by atoms with Crippen LogP contribution in [0.1, 0.15) is 95.2 Å². The van der Waals surface area contributed by atoms with Crippen LogP contribution in [0.25, 0.3) is 0 Å². The minimum absolute atomic E-state index is 0.0247. The average molecular weight is 869 g/mol. The molecule has 9 unspecified atom stereocenters. The molecule has 12 nitrogen and oxygen atoms in total. The van der Waals surface area contributed by atoms with Crippen molar-refractivity contribution < 1.29 is 49.7 Å². The molecular formula is C47H52N2O10S2. The summed E-state index contributed by atoms with van der Waals surface area (Å²) in [5.41, 5.74) is -3.07. The van der Waals surface area contributed by atoms with E-state index in [4.69, 9.17) is 9.47 Å². The van der Waals surface area contributed by atoms with Crippen LogP contribution in [0.4, 0.5) is 5.82 Å². The number of Topliss-reactive ketones (excluding diaryl/α,β-unsaturated/α-hetero) is 2. The molecule has 2 aliphatic heterocycles. The van der Waals surface area contributed by atoms with E-state index in [1.165, 1.54) is 27.7 Å². The van der Waals surface area contributed by atoms with Crippen LogP contribution in [0.3, 0.4) is 0 Å². The van der Waals surface area contributed by atoms with Gasteiger partial charge in [0.2, 0.25) is 6.29 Å². The van der Waals surface area contributed by atoms with E-state index in [0.29, 0.717) is 30.1 Å². The number of aliphatic hydroxyl groups excluding tert-OH is 5. The zero-order chi connectivity index (χ0) is 42.4. The molecule has 3 heterocycles. The number of pyridine rings is 1. The summed E-state index contributed by atoms with van der Waals surface area (Å²) in [6, 6.07) is 16.0. The standard InChI is InChI=1S/C47H52N2O10S2/c50-22-28-6-3-5-27(17-28)18-29-19-32-38(53)31-7-4-8-33-37(31)39(54)46(32,35(52)20-29)25-60-61-26-49-36-21-30(10-16-48-36)44(15-14-43(23-44)11-1-2-12-43)34-9-13-45(24-51)42(56)47(34,57)40(55)41(58-33)59-45/h3-8,10,16-17,19-21,32,34,40-42,50-52,55-57H,1-2,9,11-15,18,22-26H2,(H,48,49). The number of fused-ring (bicyclic) bond motifs is 6. The van der Waals surface area contributed by atoms with E-state index in [2.05, 4.69) is 10.3 Å². The zero-order valence-corrected chi connectivity index (χ0v) is 35.4. The first-order valence-corrected chi connectivity index (χ1v) is 23.9. The Labute approximate surface area is 362 Å². The number of nitrogens with one attached hydrogen (secondary N) is 1. The van der Waals surface area contributed by atoms with Crippen LogP contribution in [0.5, 0.6) is 5.75 Å². The minimum Gasteiger partial charge on any atom is -0.511 e. The summed E-state index contributed by atoms with van der Waals surface area (Å²) in [5, 5.41) is 74.3. The first-order valence-electron chi connectivity index (χ1n) is 21.4. The number of ether oxygens (including phenoxy) is 2. The molecule has 1 saturated heterocycles. The number of aliphatic hydroxyl groups is 6. The highest BCUT2D eigenvalue weighted by atomic mass is 33.1. The molecule has 3 spiro atoms. The van der Waals surface area contributed by atoms with Crippen molar-refractivity contribution in [3.63, 3.8) is 0 Å². The lowest BCUT2D eigenvalue weighted by Gasteiger charge is -2.63. The quantitative estimate of drug-likeness (QED) is 0.152. The first kappa shape index (κ1) is 41.3. The van der Waals surface area contributed by atoms with Crippen LogP contribution in [0.2, 0.25) is 0 Å². The maximum absolute atomic E-state index is 15.3. The lowest BCUT2D eigenvalue weighted by molar-refractivity contribution is -0.381. The second-order valence-electron chi connectivity index (χ2n) is 18.6. The monoisotopic (exact) mass is 868 g/mol. The summed E-state index contributed by atoms with van der Waals surface area (Å²) in [6.07, 6.45) is 7.53. The highest BCUT2D eigenvalue weighted by Crippen LogP contribution is 2.66. The SMILES string of the molecule is O=C1c2cccc3c2C(=O)C2(CSSCNc4cc(ccn4)C4(CCC5(CCCC5)C4)C4CCC5(CO)OC(O3)C(O)C4(O)C5O)C(O)=CC(Cc3cccc(CO)c3)=CC12. The Balaban J connectivity index is 1.10. The Hall–Kier alpha value is -3.73. The van der Waals surface area contributed by atoms with Gasteiger partial charge in [-0.25, -0.2) is 4.98 Å². The fourth-order valence-corrected chi connectivity index (χ4v) is 14.8. The predicted octanol–water partition coefficient (Wildman–Crippen LogP) is 5.96. The summed E-state index contributed by atoms with van der Waals surface area (Å²) in [5.74, 6) is -2.03. The van der Waals surface area contributed by atoms with Crippen molar-refractivity contribution in [1.29, 1.82) is 0 Å². The molecule has 3 saturated carbocycles. The largest absolute Gasteiger partial charge is 0.511 e. The van der Waals surface area contributed by atoms with Crippen LogP contribution in [-0.2, 0) is 23.2 Å². The van der Waals surface area contributed by atoms with E-state index in [1.807, 2.05) is 36.4 Å². The normalized spacial score (nSPS) is 36.4. The second-order valence-corrected chi connectivity index (χ2v) is 21.0. The topological polar surface area (TPSA) is 199 Å². The Kier molecular flexibility index (Phi) is 10.3. The van der Waals surface area contributed by atoms with Crippen molar-refractivity contribution >= 4 is 39.0 Å². The number of anilines is 1. The van der Waals surface area contributed by atoms with Crippen molar-refractivity contribution in [2.45, 2.75) is 106 Å². The number of carbonyl (C=O) groups excluding carboxylic acids is 2. The Bertz CT molecular complexity index is 2330. The third-order valence-electron chi connectivity index (χ3n) is 15.6. The predicted molar refractivity (Wildman–Crippen MR) is 230 cm³/mol. The zero-order valence-electron chi connectivity index (χ0n) is 33.8. The molecule has 14 heteroatoms. The van der Waals surface area contributed by atoms with Gasteiger partial charge in [-0.15, -0.1) is 0 Å². The first-order chi connectivity index (χ1) is 29.4. The Morgan fingerprint density at radius 3 is 2.54 bits per heavy atom. The Morgan fingerprint density at radius 1 is 0.934 bits per heavy atom. The lowest BCUT2D eigenvalue weighted by atomic mass is 9.51. The number of allylic oxidation sites excluding steroid dienone is 4. The Morgan fingerprint density at radius 2 is 1.74 bits per heavy atom. The number of hydrogen-bond acceptors (Lipinski definition) is 14. The fraction of sp³-hybridized carbons (Fsp3) is 0.511. The van der Waals surface area contributed by atoms with Crippen molar-refractivity contribution in [1.82, 2.24) is 4.98 Å². The van der Waals surface area contributed by atoms with Crippen molar-refractivity contribution in [2.75, 3.05) is 23.6 Å². The number of benzene rings is 2. The lowest BCUT2D eigenvalue weighted by Crippen LogP contribution is -2.79. The third-order valence-corrected chi connectivity index (χ3v) is 17.8. The van der Waals surface area contributed by atoms with E-state index in [9.17, 15) is 35.4 Å². The van der Waals surface area contributed by atoms with Crippen molar-refractivity contribution in [3.05, 3.63) is 112 Å². The van der Waals surface area contributed by atoms with Gasteiger partial charge in [0.15, 0.2) is 11.6 Å². The van der Waals surface area contributed by atoms with E-state index < -0.39 is 70.5 Å². The van der Waals surface area contributed by atoms with Gasteiger partial charge in [-0.05, 0) is 103 Å². The highest BCUT2D eigenvalue weighted by molar-refractivity contribution is 8.76. The van der Waals surface area contributed by atoms with E-state index in [-0.39, 0.29) is 46.8 Å². The molecule has 10 rings (SSSR count). The summed E-state index contributed by atoms with van der Waals surface area (Å²) >= 11 is 0. The fourth-order valence-electron chi connectivity index (χ4n) is 12.6. The molecule has 1 aromatic heterocycles.